The third-order valence-electron chi connectivity index (χ3n) is 3.30. The van der Waals surface area contributed by atoms with E-state index in [0.717, 1.165) is 32.1 Å². The van der Waals surface area contributed by atoms with Crippen molar-refractivity contribution in [2.24, 2.45) is 0 Å². The van der Waals surface area contributed by atoms with Gasteiger partial charge in [-0.15, -0.1) is 0 Å². The van der Waals surface area contributed by atoms with E-state index in [1.54, 1.807) is 10.5 Å². The van der Waals surface area contributed by atoms with Crippen LogP contribution in [0.5, 0.6) is 0 Å². The molecule has 0 aliphatic carbocycles. The van der Waals surface area contributed by atoms with Gasteiger partial charge in [0, 0.05) is 13.1 Å². The Morgan fingerprint density at radius 2 is 0.704 bits per heavy atom. The smallest absolute Gasteiger partial charge is 0.0709 e. The minimum atomic E-state index is 0.606. The average molecular weight is 394 g/mol. The minimum Gasteiger partial charge on any atom is -0.299 e. The van der Waals surface area contributed by atoms with Crippen LogP contribution in [0.4, 0.5) is 0 Å². The highest BCUT2D eigenvalue weighted by Crippen LogP contribution is 2.02. The maximum absolute atomic E-state index is 5.87. The van der Waals surface area contributed by atoms with Crippen molar-refractivity contribution in [3.05, 3.63) is 0 Å². The third kappa shape index (κ3) is 16.3. The highest BCUT2D eigenvalue weighted by atomic mass is 17.0. The van der Waals surface area contributed by atoms with Crippen molar-refractivity contribution in [2.75, 3.05) is 59.2 Å². The molecule has 0 rings (SSSR count). The molecule has 0 N–H and O–H groups in total. The monoisotopic (exact) mass is 393 g/mol. The second-order valence-corrected chi connectivity index (χ2v) is 6.21. The van der Waals surface area contributed by atoms with Crippen LogP contribution in [0.15, 0.2) is 0 Å². The topological polar surface area (TPSA) is 55.9 Å². The van der Waals surface area contributed by atoms with E-state index in [9.17, 15) is 0 Å². The van der Waals surface area contributed by atoms with E-state index in [4.69, 9.17) is 24.2 Å². The molecular formula is C19H43N3O5. The summed E-state index contributed by atoms with van der Waals surface area (Å²) in [6, 6.07) is 0. The van der Waals surface area contributed by atoms with Gasteiger partial charge < -0.3 is 0 Å². The van der Waals surface area contributed by atoms with Gasteiger partial charge in [-0.3, -0.25) is 24.2 Å². The Kier molecular flexibility index (Phi) is 20.2. The van der Waals surface area contributed by atoms with Crippen molar-refractivity contribution in [3.63, 3.8) is 0 Å². The molecule has 0 radical (unpaired) electrons. The summed E-state index contributed by atoms with van der Waals surface area (Å²) in [4.78, 5) is 28.5. The Morgan fingerprint density at radius 1 is 0.407 bits per heavy atom. The van der Waals surface area contributed by atoms with Gasteiger partial charge in [-0.2, -0.15) is 5.06 Å². The first-order valence-electron chi connectivity index (χ1n) is 10.7. The van der Waals surface area contributed by atoms with Crippen molar-refractivity contribution < 1.29 is 24.2 Å². The summed E-state index contributed by atoms with van der Waals surface area (Å²) in [6.45, 7) is 16.2. The lowest BCUT2D eigenvalue weighted by Gasteiger charge is -2.28. The second-order valence-electron chi connectivity index (χ2n) is 6.21. The molecular weight excluding hydrogens is 350 g/mol. The lowest BCUT2D eigenvalue weighted by molar-refractivity contribution is -0.378. The van der Waals surface area contributed by atoms with Gasteiger partial charge in [-0.05, 0) is 32.1 Å². The zero-order valence-electron chi connectivity index (χ0n) is 18.3. The van der Waals surface area contributed by atoms with Crippen molar-refractivity contribution in [1.29, 1.82) is 0 Å². The molecule has 0 spiro atoms. The third-order valence-corrected chi connectivity index (χ3v) is 3.30. The molecule has 0 aromatic rings. The highest BCUT2D eigenvalue weighted by molar-refractivity contribution is 4.50. The number of hydrogen-bond donors (Lipinski definition) is 0. The molecule has 164 valence electrons. The Labute approximate surface area is 166 Å². The van der Waals surface area contributed by atoms with Crippen LogP contribution < -0.4 is 0 Å². The highest BCUT2D eigenvalue weighted by Gasteiger charge is 2.14. The molecule has 0 bridgehead atoms. The Hall–Kier alpha value is -0.320. The standard InChI is InChI=1S/C19H43N3O5/c1-6-15-23-20(11-13-21(24-16-7-2)25-17-8-3)12-14-22(26-18-9-4)27-19-10-5/h6-19H2,1-5H3. The summed E-state index contributed by atoms with van der Waals surface area (Å²) in [5.41, 5.74) is 0. The summed E-state index contributed by atoms with van der Waals surface area (Å²) in [5.74, 6) is 0. The van der Waals surface area contributed by atoms with Crippen molar-refractivity contribution in [3.8, 4) is 0 Å². The maximum atomic E-state index is 5.87. The van der Waals surface area contributed by atoms with Gasteiger partial charge in [0.2, 0.25) is 0 Å². The largest absolute Gasteiger partial charge is 0.299 e. The normalized spacial score (nSPS) is 12.0. The second kappa shape index (κ2) is 20.4. The number of hydrogen-bond acceptors (Lipinski definition) is 8. The van der Waals surface area contributed by atoms with Gasteiger partial charge in [0.05, 0.1) is 46.1 Å². The summed E-state index contributed by atoms with van der Waals surface area (Å²) in [5, 5.41) is 5.08. The Balaban J connectivity index is 4.49. The molecule has 0 unspecified atom stereocenters. The molecule has 27 heavy (non-hydrogen) atoms. The Bertz CT molecular complexity index is 261. The molecule has 0 aromatic heterocycles. The van der Waals surface area contributed by atoms with Crippen LogP contribution in [0.1, 0.15) is 66.7 Å². The first kappa shape index (κ1) is 26.7. The first-order chi connectivity index (χ1) is 13.2. The van der Waals surface area contributed by atoms with E-state index < -0.39 is 0 Å². The first-order valence-corrected chi connectivity index (χ1v) is 10.7. The zero-order valence-corrected chi connectivity index (χ0v) is 18.3. The number of rotatable bonds is 21. The molecule has 0 aromatic carbocycles. The number of hydroxylamine groups is 6. The van der Waals surface area contributed by atoms with Gasteiger partial charge >= 0.3 is 0 Å². The van der Waals surface area contributed by atoms with Crippen molar-refractivity contribution in [2.45, 2.75) is 66.7 Å². The van der Waals surface area contributed by atoms with Crippen LogP contribution in [0.3, 0.4) is 0 Å². The van der Waals surface area contributed by atoms with E-state index in [1.807, 2.05) is 5.06 Å². The fourth-order valence-corrected chi connectivity index (χ4v) is 1.95. The van der Waals surface area contributed by atoms with Crippen LogP contribution in [0.2, 0.25) is 0 Å². The van der Waals surface area contributed by atoms with Gasteiger partial charge in [-0.1, -0.05) is 45.1 Å². The molecule has 0 saturated carbocycles. The molecule has 0 amide bonds. The van der Waals surface area contributed by atoms with Crippen LogP contribution in [0, 0.1) is 0 Å². The predicted molar refractivity (Wildman–Crippen MR) is 106 cm³/mol. The molecule has 0 atom stereocenters. The molecule has 8 nitrogen and oxygen atoms in total. The molecule has 0 saturated heterocycles. The lowest BCUT2D eigenvalue weighted by Crippen LogP contribution is -2.40. The minimum absolute atomic E-state index is 0.606. The van der Waals surface area contributed by atoms with E-state index >= 15 is 0 Å². The fourth-order valence-electron chi connectivity index (χ4n) is 1.95. The summed E-state index contributed by atoms with van der Waals surface area (Å²) in [6.07, 6.45) is 4.74. The Morgan fingerprint density at radius 3 is 1.00 bits per heavy atom. The van der Waals surface area contributed by atoms with Gasteiger partial charge in [0.1, 0.15) is 0 Å². The molecule has 0 aliphatic rings. The summed E-state index contributed by atoms with van der Waals surface area (Å²) >= 11 is 0. The van der Waals surface area contributed by atoms with Crippen LogP contribution in [-0.2, 0) is 24.2 Å². The quantitative estimate of drug-likeness (QED) is 0.274. The van der Waals surface area contributed by atoms with Gasteiger partial charge in [-0.25, -0.2) is 0 Å². The molecule has 0 heterocycles. The van der Waals surface area contributed by atoms with Crippen LogP contribution in [-0.4, -0.2) is 74.7 Å². The zero-order chi connectivity index (χ0) is 20.2. The van der Waals surface area contributed by atoms with E-state index in [1.165, 1.54) is 0 Å². The van der Waals surface area contributed by atoms with E-state index in [-0.39, 0.29) is 0 Å². The fraction of sp³-hybridized carbons (Fsp3) is 1.00. The molecule has 0 aliphatic heterocycles. The summed E-state index contributed by atoms with van der Waals surface area (Å²) < 4.78 is 0. The lowest BCUT2D eigenvalue weighted by atomic mass is 10.5. The van der Waals surface area contributed by atoms with Crippen LogP contribution >= 0.6 is 0 Å². The van der Waals surface area contributed by atoms with Crippen molar-refractivity contribution >= 4 is 0 Å². The van der Waals surface area contributed by atoms with Crippen molar-refractivity contribution in [1.82, 2.24) is 15.5 Å². The van der Waals surface area contributed by atoms with Crippen LogP contribution in [0.25, 0.3) is 0 Å². The molecule has 0 fully saturated rings. The summed E-state index contributed by atoms with van der Waals surface area (Å²) in [7, 11) is 0. The SMILES string of the molecule is CCCON(CCN(OCCC)OCCC)CCN(OCCC)OCCC. The predicted octanol–water partition coefficient (Wildman–Crippen LogP) is 3.60. The van der Waals surface area contributed by atoms with E-state index in [0.29, 0.717) is 59.2 Å². The average Bonchev–Trinajstić information content (AvgIpc) is 2.69. The number of nitrogens with zero attached hydrogens (tertiary/aromatic N) is 3. The van der Waals surface area contributed by atoms with Gasteiger partial charge in [0.25, 0.3) is 0 Å². The van der Waals surface area contributed by atoms with Gasteiger partial charge in [0.15, 0.2) is 0 Å². The van der Waals surface area contributed by atoms with E-state index in [2.05, 4.69) is 34.6 Å². The maximum Gasteiger partial charge on any atom is 0.0709 e. The molecule has 8 heteroatoms.